The lowest BCUT2D eigenvalue weighted by Gasteiger charge is -2.02. The van der Waals surface area contributed by atoms with Crippen LogP contribution in [0.25, 0.3) is 0 Å². The van der Waals surface area contributed by atoms with Crippen LogP contribution in [0.15, 0.2) is 9.13 Å². The summed E-state index contributed by atoms with van der Waals surface area (Å²) in [4.78, 5) is 10.9. The summed E-state index contributed by atoms with van der Waals surface area (Å²) in [6.07, 6.45) is 0.780. The van der Waals surface area contributed by atoms with E-state index in [-0.39, 0.29) is 16.1 Å². The molecule has 0 amide bonds. The van der Waals surface area contributed by atoms with Crippen molar-refractivity contribution < 1.29 is 19.2 Å². The fraction of sp³-hybridized carbons (Fsp3) is 0.500. The van der Waals surface area contributed by atoms with E-state index in [4.69, 9.17) is 14.4 Å². The predicted molar refractivity (Wildman–Crippen MR) is 49.3 cm³/mol. The zero-order chi connectivity index (χ0) is 10.1. The Morgan fingerprint density at radius 1 is 1.64 bits per heavy atom. The largest absolute Gasteiger partial charge is 0.477 e. The quantitative estimate of drug-likeness (QED) is 0.877. The van der Waals surface area contributed by atoms with Gasteiger partial charge in [0, 0.05) is 12.5 Å². The second-order valence-electron chi connectivity index (χ2n) is 3.08. The van der Waals surface area contributed by atoms with Crippen molar-refractivity contribution in [3.05, 3.63) is 15.9 Å². The molecule has 2 heterocycles. The van der Waals surface area contributed by atoms with Crippen molar-refractivity contribution in [2.75, 3.05) is 13.2 Å². The maximum absolute atomic E-state index is 10.9. The lowest BCUT2D eigenvalue weighted by molar-refractivity contribution is 0.0692. The zero-order valence-corrected chi connectivity index (χ0v) is 8.78. The summed E-state index contributed by atoms with van der Waals surface area (Å²) < 4.78 is 10.4. The molecule has 1 unspecified atom stereocenters. The Morgan fingerprint density at radius 3 is 3.00 bits per heavy atom. The summed E-state index contributed by atoms with van der Waals surface area (Å²) in [6, 6.07) is 0. The van der Waals surface area contributed by atoms with Gasteiger partial charge in [-0.2, -0.15) is 0 Å². The number of aromatic carboxylic acids is 1. The number of aromatic nitrogens is 1. The van der Waals surface area contributed by atoms with Crippen molar-refractivity contribution in [2.24, 2.45) is 0 Å². The van der Waals surface area contributed by atoms with E-state index >= 15 is 0 Å². The highest BCUT2D eigenvalue weighted by Crippen LogP contribution is 2.31. The molecule has 0 saturated carbocycles. The molecule has 1 aliphatic rings. The van der Waals surface area contributed by atoms with Crippen LogP contribution in [0.4, 0.5) is 0 Å². The van der Waals surface area contributed by atoms with E-state index in [0.29, 0.717) is 19.0 Å². The van der Waals surface area contributed by atoms with Gasteiger partial charge < -0.3 is 14.4 Å². The van der Waals surface area contributed by atoms with Gasteiger partial charge in [-0.3, -0.25) is 0 Å². The third-order valence-corrected chi connectivity index (χ3v) is 2.73. The van der Waals surface area contributed by atoms with Gasteiger partial charge in [0.15, 0.2) is 10.4 Å². The SMILES string of the molecule is O=C(O)c1c(Br)noc1C1CCOC1. The second-order valence-corrected chi connectivity index (χ2v) is 3.83. The molecule has 0 spiro atoms. The minimum Gasteiger partial charge on any atom is -0.477 e. The lowest BCUT2D eigenvalue weighted by atomic mass is 10.0. The lowest BCUT2D eigenvalue weighted by Crippen LogP contribution is -2.05. The number of carboxylic acids is 1. The standard InChI is InChI=1S/C8H8BrNO4/c9-7-5(8(11)12)6(14-10-7)4-1-2-13-3-4/h4H,1-3H2,(H,11,12). The number of ether oxygens (including phenoxy) is 1. The number of hydrogen-bond acceptors (Lipinski definition) is 4. The van der Waals surface area contributed by atoms with Gasteiger partial charge in [0.2, 0.25) is 0 Å². The van der Waals surface area contributed by atoms with Crippen LogP contribution in [0.1, 0.15) is 28.5 Å². The molecule has 1 aliphatic heterocycles. The number of rotatable bonds is 2. The number of carboxylic acid groups (broad SMARTS) is 1. The first kappa shape index (κ1) is 9.67. The van der Waals surface area contributed by atoms with Crippen molar-refractivity contribution in [3.8, 4) is 0 Å². The highest BCUT2D eigenvalue weighted by Gasteiger charge is 2.30. The summed E-state index contributed by atoms with van der Waals surface area (Å²) in [5.41, 5.74) is 0.112. The van der Waals surface area contributed by atoms with Crippen molar-refractivity contribution in [3.63, 3.8) is 0 Å². The van der Waals surface area contributed by atoms with Gasteiger partial charge >= 0.3 is 5.97 Å². The monoisotopic (exact) mass is 261 g/mol. The summed E-state index contributed by atoms with van der Waals surface area (Å²) in [6.45, 7) is 1.14. The second kappa shape index (κ2) is 3.70. The maximum atomic E-state index is 10.9. The first-order chi connectivity index (χ1) is 6.70. The fourth-order valence-electron chi connectivity index (χ4n) is 1.50. The Labute approximate surface area is 88.2 Å². The van der Waals surface area contributed by atoms with E-state index in [0.717, 1.165) is 6.42 Å². The molecule has 1 aromatic heterocycles. The minimum absolute atomic E-state index is 0.0138. The van der Waals surface area contributed by atoms with E-state index in [1.807, 2.05) is 0 Å². The van der Waals surface area contributed by atoms with E-state index in [2.05, 4.69) is 21.1 Å². The van der Waals surface area contributed by atoms with Crippen molar-refractivity contribution in [1.29, 1.82) is 0 Å². The van der Waals surface area contributed by atoms with Gasteiger partial charge in [0.25, 0.3) is 0 Å². The molecule has 0 aromatic carbocycles. The van der Waals surface area contributed by atoms with Crippen LogP contribution < -0.4 is 0 Å². The molecule has 1 N–H and O–H groups in total. The van der Waals surface area contributed by atoms with E-state index in [1.165, 1.54) is 0 Å². The van der Waals surface area contributed by atoms with Gasteiger partial charge in [0.05, 0.1) is 6.61 Å². The third-order valence-electron chi connectivity index (χ3n) is 2.19. The summed E-state index contributed by atoms with van der Waals surface area (Å²) in [5, 5.41) is 12.5. The van der Waals surface area contributed by atoms with Gasteiger partial charge in [-0.1, -0.05) is 5.16 Å². The summed E-state index contributed by atoms with van der Waals surface area (Å²) >= 11 is 3.04. The van der Waals surface area contributed by atoms with Crippen LogP contribution in [0.2, 0.25) is 0 Å². The van der Waals surface area contributed by atoms with Gasteiger partial charge in [0.1, 0.15) is 5.56 Å². The fourth-order valence-corrected chi connectivity index (χ4v) is 1.93. The highest BCUT2D eigenvalue weighted by molar-refractivity contribution is 9.10. The van der Waals surface area contributed by atoms with E-state index in [1.54, 1.807) is 0 Å². The van der Waals surface area contributed by atoms with Crippen LogP contribution in [0.3, 0.4) is 0 Å². The normalized spacial score (nSPS) is 21.4. The van der Waals surface area contributed by atoms with Gasteiger partial charge in [-0.05, 0) is 22.4 Å². The van der Waals surface area contributed by atoms with Crippen LogP contribution in [0.5, 0.6) is 0 Å². The molecular formula is C8H8BrNO4. The zero-order valence-electron chi connectivity index (χ0n) is 7.20. The highest BCUT2D eigenvalue weighted by atomic mass is 79.9. The van der Waals surface area contributed by atoms with E-state index in [9.17, 15) is 4.79 Å². The van der Waals surface area contributed by atoms with Crippen LogP contribution in [-0.2, 0) is 4.74 Å². The Kier molecular flexibility index (Phi) is 2.56. The molecular weight excluding hydrogens is 254 g/mol. The Balaban J connectivity index is 2.37. The van der Waals surface area contributed by atoms with Gasteiger partial charge in [-0.25, -0.2) is 4.79 Å². The molecule has 6 heteroatoms. The van der Waals surface area contributed by atoms with Crippen LogP contribution >= 0.6 is 15.9 Å². The number of nitrogens with zero attached hydrogens (tertiary/aromatic N) is 1. The average Bonchev–Trinajstić information content (AvgIpc) is 2.70. The molecule has 1 atom stereocenters. The predicted octanol–water partition coefficient (Wildman–Crippen LogP) is 1.64. The number of hydrogen-bond donors (Lipinski definition) is 1. The maximum Gasteiger partial charge on any atom is 0.342 e. The van der Waals surface area contributed by atoms with E-state index < -0.39 is 5.97 Å². The first-order valence-electron chi connectivity index (χ1n) is 4.16. The molecule has 0 bridgehead atoms. The third kappa shape index (κ3) is 1.55. The molecule has 5 nitrogen and oxygen atoms in total. The van der Waals surface area contributed by atoms with Crippen LogP contribution in [-0.4, -0.2) is 29.4 Å². The Hall–Kier alpha value is -0.880. The van der Waals surface area contributed by atoms with Crippen molar-refractivity contribution in [1.82, 2.24) is 5.16 Å². The molecule has 0 aliphatic carbocycles. The van der Waals surface area contributed by atoms with Crippen LogP contribution in [0, 0.1) is 0 Å². The minimum atomic E-state index is -1.03. The van der Waals surface area contributed by atoms with Crippen molar-refractivity contribution >= 4 is 21.9 Å². The molecule has 0 radical (unpaired) electrons. The topological polar surface area (TPSA) is 72.6 Å². The molecule has 76 valence electrons. The molecule has 1 fully saturated rings. The van der Waals surface area contributed by atoms with Crippen molar-refractivity contribution in [2.45, 2.75) is 12.3 Å². The Morgan fingerprint density at radius 2 is 2.43 bits per heavy atom. The molecule has 14 heavy (non-hydrogen) atoms. The summed E-state index contributed by atoms with van der Waals surface area (Å²) in [7, 11) is 0. The average molecular weight is 262 g/mol. The smallest absolute Gasteiger partial charge is 0.342 e. The Bertz CT molecular complexity index is 356. The molecule has 1 aromatic rings. The number of halogens is 1. The first-order valence-corrected chi connectivity index (χ1v) is 4.95. The number of carbonyl (C=O) groups is 1. The van der Waals surface area contributed by atoms with Gasteiger partial charge in [-0.15, -0.1) is 0 Å². The summed E-state index contributed by atoms with van der Waals surface area (Å²) in [5.74, 6) is -0.609. The molecule has 2 rings (SSSR count). The molecule has 1 saturated heterocycles.